The summed E-state index contributed by atoms with van der Waals surface area (Å²) < 4.78 is 0. The van der Waals surface area contributed by atoms with Gasteiger partial charge in [-0.1, -0.05) is 17.7 Å². The van der Waals surface area contributed by atoms with Crippen LogP contribution in [-0.4, -0.2) is 10.9 Å². The average molecular weight is 261 g/mol. The second-order valence-electron chi connectivity index (χ2n) is 4.02. The molecule has 1 N–H and O–H groups in total. The number of pyridine rings is 1. The van der Waals surface area contributed by atoms with Crippen LogP contribution in [0.25, 0.3) is 0 Å². The molecular formula is C14H13ClN2O. The number of carbonyl (C=O) groups excluding carboxylic acids is 1. The Morgan fingerprint density at radius 2 is 2.00 bits per heavy atom. The molecular weight excluding hydrogens is 248 g/mol. The monoisotopic (exact) mass is 260 g/mol. The summed E-state index contributed by atoms with van der Waals surface area (Å²) in [7, 11) is 0. The van der Waals surface area contributed by atoms with E-state index in [1.165, 1.54) is 0 Å². The second-order valence-corrected chi connectivity index (χ2v) is 4.43. The number of nitrogens with zero attached hydrogens (tertiary/aromatic N) is 1. The van der Waals surface area contributed by atoms with E-state index in [2.05, 4.69) is 10.3 Å². The summed E-state index contributed by atoms with van der Waals surface area (Å²) in [5.41, 5.74) is 2.53. The molecule has 1 aromatic heterocycles. The smallest absolute Gasteiger partial charge is 0.253 e. The lowest BCUT2D eigenvalue weighted by molar-refractivity contribution is 0.0951. The van der Waals surface area contributed by atoms with Gasteiger partial charge in [-0.25, -0.2) is 0 Å². The highest BCUT2D eigenvalue weighted by molar-refractivity contribution is 6.33. The fraction of sp³-hybridized carbons (Fsp3) is 0.143. The quantitative estimate of drug-likeness (QED) is 0.922. The molecule has 0 atom stereocenters. The zero-order valence-electron chi connectivity index (χ0n) is 9.98. The standard InChI is InChI=1S/C14H13ClN2O/c1-10-2-3-12(13(15)8-10)14(18)17-9-11-4-6-16-7-5-11/h2-8H,9H2,1H3,(H,17,18). The summed E-state index contributed by atoms with van der Waals surface area (Å²) in [5.74, 6) is -0.170. The van der Waals surface area contributed by atoms with Crippen molar-refractivity contribution in [1.82, 2.24) is 10.3 Å². The van der Waals surface area contributed by atoms with Crippen LogP contribution in [0.5, 0.6) is 0 Å². The van der Waals surface area contributed by atoms with E-state index in [4.69, 9.17) is 11.6 Å². The SMILES string of the molecule is Cc1ccc(C(=O)NCc2ccncc2)c(Cl)c1. The van der Waals surface area contributed by atoms with Crippen molar-refractivity contribution in [3.05, 3.63) is 64.4 Å². The first-order valence-corrected chi connectivity index (χ1v) is 5.98. The Hall–Kier alpha value is -1.87. The van der Waals surface area contributed by atoms with Gasteiger partial charge in [0, 0.05) is 18.9 Å². The van der Waals surface area contributed by atoms with E-state index in [-0.39, 0.29) is 5.91 Å². The van der Waals surface area contributed by atoms with E-state index < -0.39 is 0 Å². The maximum atomic E-state index is 11.9. The zero-order valence-corrected chi connectivity index (χ0v) is 10.7. The molecule has 0 radical (unpaired) electrons. The Kier molecular flexibility index (Phi) is 3.95. The fourth-order valence-corrected chi connectivity index (χ4v) is 1.90. The van der Waals surface area contributed by atoms with Crippen molar-refractivity contribution in [2.75, 3.05) is 0 Å². The Balaban J connectivity index is 2.04. The first kappa shape index (κ1) is 12.6. The van der Waals surface area contributed by atoms with E-state index in [0.29, 0.717) is 17.1 Å². The van der Waals surface area contributed by atoms with Gasteiger partial charge in [0.2, 0.25) is 0 Å². The summed E-state index contributed by atoms with van der Waals surface area (Å²) in [6.07, 6.45) is 3.39. The van der Waals surface area contributed by atoms with Crippen molar-refractivity contribution in [2.45, 2.75) is 13.5 Å². The second kappa shape index (κ2) is 5.65. The van der Waals surface area contributed by atoms with Gasteiger partial charge >= 0.3 is 0 Å². The largest absolute Gasteiger partial charge is 0.348 e. The number of carbonyl (C=O) groups is 1. The maximum Gasteiger partial charge on any atom is 0.253 e. The van der Waals surface area contributed by atoms with Gasteiger partial charge in [-0.15, -0.1) is 0 Å². The lowest BCUT2D eigenvalue weighted by Crippen LogP contribution is -2.23. The number of amides is 1. The number of halogens is 1. The van der Waals surface area contributed by atoms with Gasteiger partial charge in [-0.2, -0.15) is 0 Å². The van der Waals surface area contributed by atoms with Crippen molar-refractivity contribution in [3.8, 4) is 0 Å². The van der Waals surface area contributed by atoms with Crippen molar-refractivity contribution < 1.29 is 4.79 Å². The fourth-order valence-electron chi connectivity index (χ4n) is 1.58. The van der Waals surface area contributed by atoms with Crippen LogP contribution in [-0.2, 0) is 6.54 Å². The molecule has 4 heteroatoms. The van der Waals surface area contributed by atoms with Crippen molar-refractivity contribution in [3.63, 3.8) is 0 Å². The van der Waals surface area contributed by atoms with Gasteiger partial charge < -0.3 is 5.32 Å². The summed E-state index contributed by atoms with van der Waals surface area (Å²) in [6.45, 7) is 2.40. The number of aryl methyl sites for hydroxylation is 1. The molecule has 0 saturated carbocycles. The number of hydrogen-bond acceptors (Lipinski definition) is 2. The number of benzene rings is 1. The Morgan fingerprint density at radius 3 is 2.67 bits per heavy atom. The molecule has 0 fully saturated rings. The van der Waals surface area contributed by atoms with E-state index in [9.17, 15) is 4.79 Å². The number of aromatic nitrogens is 1. The molecule has 0 saturated heterocycles. The highest BCUT2D eigenvalue weighted by atomic mass is 35.5. The van der Waals surface area contributed by atoms with Crippen LogP contribution in [0.3, 0.4) is 0 Å². The highest BCUT2D eigenvalue weighted by Gasteiger charge is 2.09. The molecule has 92 valence electrons. The Bertz CT molecular complexity index is 555. The first-order chi connectivity index (χ1) is 8.66. The Morgan fingerprint density at radius 1 is 1.28 bits per heavy atom. The van der Waals surface area contributed by atoms with Crippen molar-refractivity contribution in [2.24, 2.45) is 0 Å². The molecule has 2 rings (SSSR count). The molecule has 0 aliphatic heterocycles. The van der Waals surface area contributed by atoms with E-state index in [0.717, 1.165) is 11.1 Å². The normalized spacial score (nSPS) is 10.1. The third kappa shape index (κ3) is 3.08. The predicted molar refractivity (Wildman–Crippen MR) is 71.6 cm³/mol. The molecule has 0 spiro atoms. The Labute approximate surface area is 111 Å². The third-order valence-electron chi connectivity index (χ3n) is 2.57. The number of hydrogen-bond donors (Lipinski definition) is 1. The van der Waals surface area contributed by atoms with E-state index in [1.54, 1.807) is 24.5 Å². The minimum Gasteiger partial charge on any atom is -0.348 e. The molecule has 0 bridgehead atoms. The van der Waals surface area contributed by atoms with Crippen LogP contribution in [0.15, 0.2) is 42.7 Å². The van der Waals surface area contributed by atoms with Crippen LogP contribution in [0.2, 0.25) is 5.02 Å². The van der Waals surface area contributed by atoms with Gasteiger partial charge in [0.1, 0.15) is 0 Å². The number of nitrogens with one attached hydrogen (secondary N) is 1. The molecule has 3 nitrogen and oxygen atoms in total. The van der Waals surface area contributed by atoms with Crippen molar-refractivity contribution in [1.29, 1.82) is 0 Å². The lowest BCUT2D eigenvalue weighted by Gasteiger charge is -2.07. The topological polar surface area (TPSA) is 42.0 Å². The summed E-state index contributed by atoms with van der Waals surface area (Å²) in [6, 6.07) is 9.10. The first-order valence-electron chi connectivity index (χ1n) is 5.60. The molecule has 1 amide bonds. The molecule has 18 heavy (non-hydrogen) atoms. The molecule has 2 aromatic rings. The van der Waals surface area contributed by atoms with Gasteiger partial charge in [0.25, 0.3) is 5.91 Å². The van der Waals surface area contributed by atoms with Crippen LogP contribution in [0, 0.1) is 6.92 Å². The van der Waals surface area contributed by atoms with Gasteiger partial charge in [0.15, 0.2) is 0 Å². The van der Waals surface area contributed by atoms with Gasteiger partial charge in [0.05, 0.1) is 10.6 Å². The third-order valence-corrected chi connectivity index (χ3v) is 2.88. The summed E-state index contributed by atoms with van der Waals surface area (Å²) in [5, 5.41) is 3.30. The van der Waals surface area contributed by atoms with Crippen LogP contribution in [0.4, 0.5) is 0 Å². The molecule has 1 heterocycles. The molecule has 0 aliphatic rings. The average Bonchev–Trinajstić information content (AvgIpc) is 2.37. The predicted octanol–water partition coefficient (Wildman–Crippen LogP) is 2.97. The minimum atomic E-state index is -0.170. The summed E-state index contributed by atoms with van der Waals surface area (Å²) in [4.78, 5) is 15.9. The van der Waals surface area contributed by atoms with Crippen molar-refractivity contribution >= 4 is 17.5 Å². The molecule has 1 aromatic carbocycles. The molecule has 0 aliphatic carbocycles. The maximum absolute atomic E-state index is 11.9. The minimum absolute atomic E-state index is 0.170. The lowest BCUT2D eigenvalue weighted by atomic mass is 10.1. The number of rotatable bonds is 3. The zero-order chi connectivity index (χ0) is 13.0. The van der Waals surface area contributed by atoms with Crippen LogP contribution < -0.4 is 5.32 Å². The van der Waals surface area contributed by atoms with Gasteiger partial charge in [-0.3, -0.25) is 9.78 Å². The van der Waals surface area contributed by atoms with Crippen LogP contribution in [0.1, 0.15) is 21.5 Å². The summed E-state index contributed by atoms with van der Waals surface area (Å²) >= 11 is 6.04. The van der Waals surface area contributed by atoms with Crippen LogP contribution >= 0.6 is 11.6 Å². The molecule has 0 unspecified atom stereocenters. The van der Waals surface area contributed by atoms with E-state index in [1.807, 2.05) is 25.1 Å². The van der Waals surface area contributed by atoms with E-state index >= 15 is 0 Å². The van der Waals surface area contributed by atoms with Gasteiger partial charge in [-0.05, 0) is 42.3 Å². The highest BCUT2D eigenvalue weighted by Crippen LogP contribution is 2.17.